The molecule has 8 heteroatoms. The molecule has 3 rings (SSSR count). The van der Waals surface area contributed by atoms with E-state index in [4.69, 9.17) is 16.3 Å². The van der Waals surface area contributed by atoms with E-state index in [0.717, 1.165) is 21.8 Å². The number of rotatable bonds is 4. The number of carbonyl (C=O) groups is 2. The van der Waals surface area contributed by atoms with Crippen molar-refractivity contribution in [2.24, 2.45) is 0 Å². The number of halogens is 3. The van der Waals surface area contributed by atoms with E-state index in [0.29, 0.717) is 25.7 Å². The fourth-order valence-electron chi connectivity index (χ4n) is 2.45. The van der Waals surface area contributed by atoms with Crippen LogP contribution in [0.2, 0.25) is 5.02 Å². The summed E-state index contributed by atoms with van der Waals surface area (Å²) in [6, 6.07) is 10.9. The maximum Gasteiger partial charge on any atom is 0.293 e. The Kier molecular flexibility index (Phi) is 6.12. The molecule has 134 valence electrons. The number of imide groups is 1. The molecule has 0 aliphatic carbocycles. The molecule has 0 saturated carbocycles. The highest BCUT2D eigenvalue weighted by molar-refractivity contribution is 9.10. The van der Waals surface area contributed by atoms with Gasteiger partial charge in [0, 0.05) is 15.1 Å². The maximum atomic E-state index is 12.7. The Morgan fingerprint density at radius 2 is 1.88 bits per heavy atom. The van der Waals surface area contributed by atoms with E-state index >= 15 is 0 Å². The van der Waals surface area contributed by atoms with Crippen molar-refractivity contribution in [3.63, 3.8) is 0 Å². The van der Waals surface area contributed by atoms with Gasteiger partial charge in [-0.25, -0.2) is 0 Å². The number of nitrogens with zero attached hydrogens (tertiary/aromatic N) is 1. The van der Waals surface area contributed by atoms with Gasteiger partial charge in [0.2, 0.25) is 0 Å². The zero-order valence-electron chi connectivity index (χ0n) is 13.5. The van der Waals surface area contributed by atoms with E-state index < -0.39 is 0 Å². The van der Waals surface area contributed by atoms with Crippen molar-refractivity contribution >= 4 is 72.4 Å². The highest BCUT2D eigenvalue weighted by Crippen LogP contribution is 2.38. The molecule has 4 nitrogen and oxygen atoms in total. The minimum atomic E-state index is -0.332. The Morgan fingerprint density at radius 3 is 2.54 bits per heavy atom. The van der Waals surface area contributed by atoms with Crippen LogP contribution in [0.15, 0.2) is 50.2 Å². The lowest BCUT2D eigenvalue weighted by Crippen LogP contribution is -2.27. The van der Waals surface area contributed by atoms with Crippen molar-refractivity contribution in [2.45, 2.75) is 6.54 Å². The Hall–Kier alpha value is -1.28. The highest BCUT2D eigenvalue weighted by atomic mass is 79.9. The van der Waals surface area contributed by atoms with Crippen LogP contribution in [0.3, 0.4) is 0 Å². The van der Waals surface area contributed by atoms with Crippen molar-refractivity contribution in [3.05, 3.63) is 66.4 Å². The third-order valence-electron chi connectivity index (χ3n) is 3.66. The predicted octanol–water partition coefficient (Wildman–Crippen LogP) is 6.11. The first kappa shape index (κ1) is 19.5. The monoisotopic (exact) mass is 515 g/mol. The van der Waals surface area contributed by atoms with Crippen molar-refractivity contribution in [1.82, 2.24) is 4.90 Å². The normalized spacial score (nSPS) is 15.8. The summed E-state index contributed by atoms with van der Waals surface area (Å²) in [6.07, 6.45) is 1.63. The van der Waals surface area contributed by atoms with Gasteiger partial charge in [-0.1, -0.05) is 39.7 Å². The molecule has 2 aromatic carbocycles. The van der Waals surface area contributed by atoms with E-state index in [1.807, 2.05) is 24.3 Å². The van der Waals surface area contributed by atoms with E-state index in [2.05, 4.69) is 31.9 Å². The summed E-state index contributed by atoms with van der Waals surface area (Å²) in [5.41, 5.74) is 1.50. The molecule has 1 aliphatic heterocycles. The summed E-state index contributed by atoms with van der Waals surface area (Å²) in [5, 5.41) is 0.197. The van der Waals surface area contributed by atoms with Gasteiger partial charge in [0.15, 0.2) is 0 Å². The summed E-state index contributed by atoms with van der Waals surface area (Å²) in [6.45, 7) is 0.228. The van der Waals surface area contributed by atoms with Crippen LogP contribution in [0.5, 0.6) is 5.75 Å². The van der Waals surface area contributed by atoms with Crippen molar-refractivity contribution in [1.29, 1.82) is 0 Å². The van der Waals surface area contributed by atoms with E-state index in [1.165, 1.54) is 12.0 Å². The van der Waals surface area contributed by atoms with Crippen LogP contribution in [0.4, 0.5) is 4.79 Å². The van der Waals surface area contributed by atoms with Crippen LogP contribution in [0, 0.1) is 0 Å². The van der Waals surface area contributed by atoms with Gasteiger partial charge in [0.1, 0.15) is 5.75 Å². The van der Waals surface area contributed by atoms with Crippen LogP contribution in [0.25, 0.3) is 6.08 Å². The number of ether oxygens (including phenoxy) is 1. The lowest BCUT2D eigenvalue weighted by Gasteiger charge is -2.12. The van der Waals surface area contributed by atoms with Gasteiger partial charge in [0.05, 0.1) is 23.0 Å². The summed E-state index contributed by atoms with van der Waals surface area (Å²) >= 11 is 13.7. The van der Waals surface area contributed by atoms with E-state index in [1.54, 1.807) is 18.2 Å². The Morgan fingerprint density at radius 1 is 1.19 bits per heavy atom. The number of amides is 2. The molecule has 2 amide bonds. The predicted molar refractivity (Wildman–Crippen MR) is 111 cm³/mol. The number of carbonyl (C=O) groups excluding carboxylic acids is 2. The molecule has 0 aromatic heterocycles. The number of thioether (sulfide) groups is 1. The molecule has 2 aromatic rings. The summed E-state index contributed by atoms with van der Waals surface area (Å²) in [5.74, 6) is 0.218. The fourth-order valence-corrected chi connectivity index (χ4v) is 4.54. The van der Waals surface area contributed by atoms with Gasteiger partial charge in [-0.2, -0.15) is 0 Å². The molecule has 1 fully saturated rings. The van der Waals surface area contributed by atoms with Gasteiger partial charge in [-0.05, 0) is 63.6 Å². The van der Waals surface area contributed by atoms with Gasteiger partial charge in [0.25, 0.3) is 11.1 Å². The first-order valence-corrected chi connectivity index (χ1v) is 10.2. The Labute approximate surface area is 176 Å². The van der Waals surface area contributed by atoms with Crippen molar-refractivity contribution in [3.8, 4) is 5.75 Å². The van der Waals surface area contributed by atoms with Crippen molar-refractivity contribution in [2.75, 3.05) is 7.11 Å². The molecule has 0 spiro atoms. The molecule has 0 bridgehead atoms. The number of benzene rings is 2. The zero-order valence-corrected chi connectivity index (χ0v) is 18.2. The first-order valence-electron chi connectivity index (χ1n) is 7.42. The van der Waals surface area contributed by atoms with Crippen LogP contribution >= 0.6 is 55.2 Å². The molecule has 1 aliphatic rings. The third kappa shape index (κ3) is 4.17. The van der Waals surface area contributed by atoms with Gasteiger partial charge >= 0.3 is 0 Å². The third-order valence-corrected chi connectivity index (χ3v) is 5.90. The van der Waals surface area contributed by atoms with Gasteiger partial charge < -0.3 is 4.74 Å². The largest absolute Gasteiger partial charge is 0.495 e. The van der Waals surface area contributed by atoms with Crippen LogP contribution in [-0.4, -0.2) is 23.2 Å². The minimum Gasteiger partial charge on any atom is -0.495 e. The SMILES string of the molecule is COc1c(Br)cc(Cl)cc1/C=C1\SC(=O)N(Cc2ccc(Br)cc2)C1=O. The standard InChI is InChI=1S/C18H12Br2ClNO3S/c1-25-16-11(6-13(21)8-14(16)20)7-15-17(23)22(18(24)26-15)9-10-2-4-12(19)5-3-10/h2-8H,9H2,1H3/b15-7-. The number of hydrogen-bond donors (Lipinski definition) is 0. The molecule has 1 saturated heterocycles. The summed E-state index contributed by atoms with van der Waals surface area (Å²) < 4.78 is 6.98. The van der Waals surface area contributed by atoms with Gasteiger partial charge in [-0.3, -0.25) is 14.5 Å². The molecule has 0 unspecified atom stereocenters. The lowest BCUT2D eigenvalue weighted by atomic mass is 10.1. The molecule has 1 heterocycles. The Bertz CT molecular complexity index is 915. The van der Waals surface area contributed by atoms with Crippen molar-refractivity contribution < 1.29 is 14.3 Å². The summed E-state index contributed by atoms with van der Waals surface area (Å²) in [7, 11) is 1.53. The maximum absolute atomic E-state index is 12.7. The fraction of sp³-hybridized carbons (Fsp3) is 0.111. The second-order valence-corrected chi connectivity index (χ2v) is 8.60. The summed E-state index contributed by atoms with van der Waals surface area (Å²) in [4.78, 5) is 26.5. The van der Waals surface area contributed by atoms with Crippen LogP contribution in [0.1, 0.15) is 11.1 Å². The minimum absolute atomic E-state index is 0.228. The van der Waals surface area contributed by atoms with Crippen LogP contribution < -0.4 is 4.74 Å². The molecule has 0 atom stereocenters. The highest BCUT2D eigenvalue weighted by Gasteiger charge is 2.35. The first-order chi connectivity index (χ1) is 12.4. The lowest BCUT2D eigenvalue weighted by molar-refractivity contribution is -0.123. The molecular weight excluding hydrogens is 506 g/mol. The van der Waals surface area contributed by atoms with Crippen LogP contribution in [-0.2, 0) is 11.3 Å². The van der Waals surface area contributed by atoms with E-state index in [9.17, 15) is 9.59 Å². The molecule has 0 N–H and O–H groups in total. The quantitative estimate of drug-likeness (QED) is 0.459. The average molecular weight is 518 g/mol. The molecule has 0 radical (unpaired) electrons. The second kappa shape index (κ2) is 8.17. The molecular formula is C18H12Br2ClNO3S. The average Bonchev–Trinajstić information content (AvgIpc) is 2.84. The molecule has 26 heavy (non-hydrogen) atoms. The van der Waals surface area contributed by atoms with Gasteiger partial charge in [-0.15, -0.1) is 0 Å². The number of hydrogen-bond acceptors (Lipinski definition) is 4. The Balaban J connectivity index is 1.89. The smallest absolute Gasteiger partial charge is 0.293 e. The second-order valence-electron chi connectivity index (χ2n) is 5.40. The number of methoxy groups -OCH3 is 1. The van der Waals surface area contributed by atoms with E-state index in [-0.39, 0.29) is 17.7 Å². The zero-order chi connectivity index (χ0) is 18.8. The topological polar surface area (TPSA) is 46.6 Å².